The van der Waals surface area contributed by atoms with Crippen molar-refractivity contribution in [2.24, 2.45) is 0 Å². The van der Waals surface area contributed by atoms with Crippen molar-refractivity contribution >= 4 is 0 Å². The Labute approximate surface area is 95.8 Å². The van der Waals surface area contributed by atoms with Crippen molar-refractivity contribution in [3.05, 3.63) is 23.3 Å². The minimum atomic E-state index is -0.606. The lowest BCUT2D eigenvalue weighted by atomic mass is 10.0. The number of aliphatic hydroxyl groups is 1. The van der Waals surface area contributed by atoms with Gasteiger partial charge in [-0.15, -0.1) is 0 Å². The molecule has 16 heavy (non-hydrogen) atoms. The second-order valence-electron chi connectivity index (χ2n) is 3.51. The molecule has 0 spiro atoms. The summed E-state index contributed by atoms with van der Waals surface area (Å²) in [7, 11) is 4.77. The van der Waals surface area contributed by atoms with Crippen LogP contribution >= 0.6 is 0 Å². The number of rotatable bonds is 5. The fourth-order valence-corrected chi connectivity index (χ4v) is 1.69. The van der Waals surface area contributed by atoms with Gasteiger partial charge in [0, 0.05) is 18.7 Å². The maximum absolute atomic E-state index is 9.73. The van der Waals surface area contributed by atoms with Crippen molar-refractivity contribution < 1.29 is 19.3 Å². The molecule has 1 aromatic rings. The molecule has 0 saturated heterocycles. The van der Waals surface area contributed by atoms with Gasteiger partial charge in [0.25, 0.3) is 0 Å². The molecule has 0 bridgehead atoms. The molecular weight excluding hydrogens is 208 g/mol. The summed E-state index contributed by atoms with van der Waals surface area (Å²) in [5.74, 6) is 1.30. The molecule has 90 valence electrons. The highest BCUT2D eigenvalue weighted by Crippen LogP contribution is 2.33. The lowest BCUT2D eigenvalue weighted by molar-refractivity contribution is 0.168. The van der Waals surface area contributed by atoms with Crippen molar-refractivity contribution in [3.8, 4) is 11.5 Å². The standard InChI is InChI=1S/C12H18O4/c1-8(13)12-9(7-14-2)5-10(15-3)6-11(12)16-4/h5-6,8,13H,7H2,1-4H3. The van der Waals surface area contributed by atoms with E-state index in [0.29, 0.717) is 18.1 Å². The van der Waals surface area contributed by atoms with Crippen LogP contribution in [0.2, 0.25) is 0 Å². The van der Waals surface area contributed by atoms with E-state index < -0.39 is 6.10 Å². The molecular formula is C12H18O4. The highest BCUT2D eigenvalue weighted by atomic mass is 16.5. The van der Waals surface area contributed by atoms with Gasteiger partial charge in [0.1, 0.15) is 11.5 Å². The van der Waals surface area contributed by atoms with Crippen molar-refractivity contribution in [1.82, 2.24) is 0 Å². The second-order valence-corrected chi connectivity index (χ2v) is 3.51. The predicted molar refractivity (Wildman–Crippen MR) is 60.9 cm³/mol. The zero-order valence-electron chi connectivity index (χ0n) is 10.1. The highest BCUT2D eigenvalue weighted by molar-refractivity contribution is 5.47. The molecule has 4 heteroatoms. The molecule has 0 aliphatic heterocycles. The van der Waals surface area contributed by atoms with Crippen LogP contribution in [0.3, 0.4) is 0 Å². The van der Waals surface area contributed by atoms with Gasteiger partial charge in [-0.3, -0.25) is 0 Å². The van der Waals surface area contributed by atoms with Crippen LogP contribution in [-0.2, 0) is 11.3 Å². The Morgan fingerprint density at radius 1 is 1.19 bits per heavy atom. The molecule has 0 aliphatic rings. The van der Waals surface area contributed by atoms with E-state index in [-0.39, 0.29) is 0 Å². The third-order valence-electron chi connectivity index (χ3n) is 2.37. The van der Waals surface area contributed by atoms with E-state index in [1.807, 2.05) is 6.07 Å². The SMILES string of the molecule is COCc1cc(OC)cc(OC)c1C(C)O. The van der Waals surface area contributed by atoms with E-state index in [1.54, 1.807) is 34.3 Å². The molecule has 1 rings (SSSR count). The normalized spacial score (nSPS) is 12.3. The van der Waals surface area contributed by atoms with Gasteiger partial charge in [0.15, 0.2) is 0 Å². The molecule has 0 radical (unpaired) electrons. The van der Waals surface area contributed by atoms with Crippen LogP contribution in [0.25, 0.3) is 0 Å². The van der Waals surface area contributed by atoms with E-state index in [0.717, 1.165) is 11.1 Å². The Morgan fingerprint density at radius 3 is 2.31 bits per heavy atom. The monoisotopic (exact) mass is 226 g/mol. The minimum absolute atomic E-state index is 0.411. The summed E-state index contributed by atoms with van der Waals surface area (Å²) in [4.78, 5) is 0. The van der Waals surface area contributed by atoms with Crippen molar-refractivity contribution in [3.63, 3.8) is 0 Å². The molecule has 0 heterocycles. The number of benzene rings is 1. The van der Waals surface area contributed by atoms with E-state index in [2.05, 4.69) is 0 Å². The summed E-state index contributed by atoms with van der Waals surface area (Å²) >= 11 is 0. The average molecular weight is 226 g/mol. The number of methoxy groups -OCH3 is 3. The summed E-state index contributed by atoms with van der Waals surface area (Å²) in [6.07, 6.45) is -0.606. The summed E-state index contributed by atoms with van der Waals surface area (Å²) < 4.78 is 15.5. The van der Waals surface area contributed by atoms with Gasteiger partial charge in [0.2, 0.25) is 0 Å². The number of hydrogen-bond donors (Lipinski definition) is 1. The Morgan fingerprint density at radius 2 is 1.88 bits per heavy atom. The first-order valence-electron chi connectivity index (χ1n) is 5.05. The zero-order valence-corrected chi connectivity index (χ0v) is 10.1. The van der Waals surface area contributed by atoms with Crippen LogP contribution in [0.5, 0.6) is 11.5 Å². The van der Waals surface area contributed by atoms with Crippen molar-refractivity contribution in [2.75, 3.05) is 21.3 Å². The molecule has 0 aliphatic carbocycles. The molecule has 1 aromatic carbocycles. The maximum atomic E-state index is 9.73. The number of aliphatic hydroxyl groups excluding tert-OH is 1. The van der Waals surface area contributed by atoms with Crippen molar-refractivity contribution in [2.45, 2.75) is 19.6 Å². The van der Waals surface area contributed by atoms with Gasteiger partial charge in [-0.1, -0.05) is 0 Å². The molecule has 1 N–H and O–H groups in total. The summed E-state index contributed by atoms with van der Waals surface area (Å²) in [5.41, 5.74) is 1.61. The van der Waals surface area contributed by atoms with E-state index in [1.165, 1.54) is 0 Å². The molecule has 0 aromatic heterocycles. The highest BCUT2D eigenvalue weighted by Gasteiger charge is 2.16. The Kier molecular flexibility index (Phi) is 4.58. The first kappa shape index (κ1) is 12.8. The van der Waals surface area contributed by atoms with Crippen LogP contribution in [0.4, 0.5) is 0 Å². The predicted octanol–water partition coefficient (Wildman–Crippen LogP) is 1.90. The van der Waals surface area contributed by atoms with Crippen LogP contribution in [0.1, 0.15) is 24.2 Å². The fourth-order valence-electron chi connectivity index (χ4n) is 1.69. The molecule has 1 atom stereocenters. The third-order valence-corrected chi connectivity index (χ3v) is 2.37. The summed E-state index contributed by atoms with van der Waals surface area (Å²) in [5, 5.41) is 9.73. The van der Waals surface area contributed by atoms with Crippen LogP contribution in [0.15, 0.2) is 12.1 Å². The smallest absolute Gasteiger partial charge is 0.128 e. The quantitative estimate of drug-likeness (QED) is 0.833. The fraction of sp³-hybridized carbons (Fsp3) is 0.500. The van der Waals surface area contributed by atoms with E-state index in [4.69, 9.17) is 14.2 Å². The van der Waals surface area contributed by atoms with Crippen LogP contribution in [0, 0.1) is 0 Å². The van der Waals surface area contributed by atoms with Gasteiger partial charge in [0.05, 0.1) is 26.9 Å². The number of ether oxygens (including phenoxy) is 3. The van der Waals surface area contributed by atoms with E-state index >= 15 is 0 Å². The molecule has 0 amide bonds. The Hall–Kier alpha value is -1.26. The molecule has 0 saturated carbocycles. The summed E-state index contributed by atoms with van der Waals surface area (Å²) in [6, 6.07) is 3.59. The maximum Gasteiger partial charge on any atom is 0.128 e. The largest absolute Gasteiger partial charge is 0.497 e. The van der Waals surface area contributed by atoms with Gasteiger partial charge < -0.3 is 19.3 Å². The van der Waals surface area contributed by atoms with Crippen molar-refractivity contribution in [1.29, 1.82) is 0 Å². The second kappa shape index (κ2) is 5.72. The van der Waals surface area contributed by atoms with Gasteiger partial charge in [-0.25, -0.2) is 0 Å². The van der Waals surface area contributed by atoms with Gasteiger partial charge in [-0.2, -0.15) is 0 Å². The lowest BCUT2D eigenvalue weighted by Crippen LogP contribution is -2.04. The Bertz CT molecular complexity index is 347. The van der Waals surface area contributed by atoms with Gasteiger partial charge in [-0.05, 0) is 18.6 Å². The summed E-state index contributed by atoms with van der Waals surface area (Å²) in [6.45, 7) is 2.11. The molecule has 0 fully saturated rings. The lowest BCUT2D eigenvalue weighted by Gasteiger charge is -2.17. The van der Waals surface area contributed by atoms with Gasteiger partial charge >= 0.3 is 0 Å². The molecule has 4 nitrogen and oxygen atoms in total. The third kappa shape index (κ3) is 2.65. The number of hydrogen-bond acceptors (Lipinski definition) is 4. The first-order valence-corrected chi connectivity index (χ1v) is 5.05. The van der Waals surface area contributed by atoms with Crippen LogP contribution < -0.4 is 9.47 Å². The first-order chi connectivity index (χ1) is 7.63. The zero-order chi connectivity index (χ0) is 12.1. The minimum Gasteiger partial charge on any atom is -0.497 e. The average Bonchev–Trinajstić information content (AvgIpc) is 2.27. The van der Waals surface area contributed by atoms with Crippen LogP contribution in [-0.4, -0.2) is 26.4 Å². The molecule has 1 unspecified atom stereocenters. The van der Waals surface area contributed by atoms with E-state index in [9.17, 15) is 5.11 Å². The Balaban J connectivity index is 3.29. The topological polar surface area (TPSA) is 47.9 Å².